The van der Waals surface area contributed by atoms with Crippen molar-refractivity contribution in [2.24, 2.45) is 5.73 Å². The minimum Gasteiger partial charge on any atom is -0.326 e. The molecule has 4 heteroatoms. The predicted molar refractivity (Wildman–Crippen MR) is 83.9 cm³/mol. The summed E-state index contributed by atoms with van der Waals surface area (Å²) in [5, 5.41) is 0. The highest BCUT2D eigenvalue weighted by molar-refractivity contribution is 5.85. The van der Waals surface area contributed by atoms with E-state index in [1.54, 1.807) is 0 Å². The fourth-order valence-electron chi connectivity index (χ4n) is 2.85. The summed E-state index contributed by atoms with van der Waals surface area (Å²) < 4.78 is 0. The van der Waals surface area contributed by atoms with Crippen molar-refractivity contribution in [2.45, 2.75) is 18.5 Å². The summed E-state index contributed by atoms with van der Waals surface area (Å²) in [6, 6.07) is 14.9. The molecule has 0 spiro atoms. The maximum atomic E-state index is 6.30. The number of rotatable bonds is 3. The number of pyridine rings is 1. The van der Waals surface area contributed by atoms with Gasteiger partial charge in [0.15, 0.2) is 0 Å². The van der Waals surface area contributed by atoms with Gasteiger partial charge in [0.25, 0.3) is 0 Å². The smallest absolute Gasteiger partial charge is 0.0312 e. The van der Waals surface area contributed by atoms with E-state index in [2.05, 4.69) is 46.3 Å². The average molecular weight is 290 g/mol. The van der Waals surface area contributed by atoms with E-state index in [1.165, 1.54) is 11.1 Å². The molecule has 106 valence electrons. The van der Waals surface area contributed by atoms with Gasteiger partial charge in [-0.15, -0.1) is 12.4 Å². The van der Waals surface area contributed by atoms with Gasteiger partial charge < -0.3 is 5.73 Å². The van der Waals surface area contributed by atoms with Crippen molar-refractivity contribution in [2.75, 3.05) is 13.1 Å². The first-order valence-electron chi connectivity index (χ1n) is 6.75. The Labute approximate surface area is 126 Å². The molecule has 3 nitrogen and oxygen atoms in total. The maximum Gasteiger partial charge on any atom is 0.0312 e. The van der Waals surface area contributed by atoms with Gasteiger partial charge in [-0.05, 0) is 17.2 Å². The third-order valence-corrected chi connectivity index (χ3v) is 3.80. The Hall–Kier alpha value is -1.42. The van der Waals surface area contributed by atoms with Crippen molar-refractivity contribution in [3.63, 3.8) is 0 Å². The number of halogens is 1. The number of hydrogen-bond acceptors (Lipinski definition) is 3. The Morgan fingerprint density at radius 1 is 1.10 bits per heavy atom. The Kier molecular flexibility index (Phi) is 5.12. The molecule has 1 saturated heterocycles. The molecule has 2 heterocycles. The average Bonchev–Trinajstić information content (AvgIpc) is 2.82. The summed E-state index contributed by atoms with van der Waals surface area (Å²) in [5.41, 5.74) is 8.90. The third kappa shape index (κ3) is 3.37. The molecule has 2 atom stereocenters. The first-order valence-corrected chi connectivity index (χ1v) is 6.75. The van der Waals surface area contributed by atoms with Crippen LogP contribution in [0.4, 0.5) is 0 Å². The zero-order valence-electron chi connectivity index (χ0n) is 11.4. The summed E-state index contributed by atoms with van der Waals surface area (Å²) in [5.74, 6) is 0.442. The van der Waals surface area contributed by atoms with Gasteiger partial charge in [0.1, 0.15) is 0 Å². The predicted octanol–water partition coefficient (Wildman–Crippen LogP) is 2.43. The van der Waals surface area contributed by atoms with Gasteiger partial charge in [-0.2, -0.15) is 0 Å². The molecule has 1 aromatic carbocycles. The van der Waals surface area contributed by atoms with Gasteiger partial charge in [0, 0.05) is 44.0 Å². The number of likely N-dealkylation sites (tertiary alicyclic amines) is 1. The minimum atomic E-state index is 0. The zero-order valence-corrected chi connectivity index (χ0v) is 12.2. The molecule has 2 N–H and O–H groups in total. The van der Waals surface area contributed by atoms with Crippen LogP contribution >= 0.6 is 12.4 Å². The Morgan fingerprint density at radius 2 is 1.90 bits per heavy atom. The van der Waals surface area contributed by atoms with Gasteiger partial charge >= 0.3 is 0 Å². The molecule has 0 radical (unpaired) electrons. The first kappa shape index (κ1) is 15.0. The van der Waals surface area contributed by atoms with Crippen LogP contribution < -0.4 is 5.73 Å². The lowest BCUT2D eigenvalue weighted by atomic mass is 9.95. The summed E-state index contributed by atoms with van der Waals surface area (Å²) in [7, 11) is 0. The quantitative estimate of drug-likeness (QED) is 0.944. The minimum absolute atomic E-state index is 0. The highest BCUT2D eigenvalue weighted by atomic mass is 35.5. The first-order chi connectivity index (χ1) is 9.33. The van der Waals surface area contributed by atoms with Crippen LogP contribution in [0, 0.1) is 0 Å². The third-order valence-electron chi connectivity index (χ3n) is 3.80. The highest BCUT2D eigenvalue weighted by Gasteiger charge is 2.30. The van der Waals surface area contributed by atoms with Crippen molar-refractivity contribution >= 4 is 12.4 Å². The summed E-state index contributed by atoms with van der Waals surface area (Å²) in [6.45, 7) is 2.92. The second kappa shape index (κ2) is 6.84. The molecule has 1 aromatic heterocycles. The molecule has 3 rings (SSSR count). The summed E-state index contributed by atoms with van der Waals surface area (Å²) in [6.07, 6.45) is 3.74. The standard InChI is InChI=1S/C16H19N3.ClH/c17-16-12-19(10-13-5-4-8-18-9-13)11-15(16)14-6-2-1-3-7-14;/h1-9,15-16H,10-12,17H2;1H/t15-,16+;/m0./s1. The van der Waals surface area contributed by atoms with Gasteiger partial charge in [0.2, 0.25) is 0 Å². The van der Waals surface area contributed by atoms with Crippen molar-refractivity contribution in [1.82, 2.24) is 9.88 Å². The van der Waals surface area contributed by atoms with Crippen molar-refractivity contribution in [3.05, 3.63) is 66.0 Å². The molecule has 0 saturated carbocycles. The van der Waals surface area contributed by atoms with Crippen LogP contribution in [-0.4, -0.2) is 29.0 Å². The summed E-state index contributed by atoms with van der Waals surface area (Å²) in [4.78, 5) is 6.58. The van der Waals surface area contributed by atoms with Crippen molar-refractivity contribution in [1.29, 1.82) is 0 Å². The van der Waals surface area contributed by atoms with Crippen molar-refractivity contribution < 1.29 is 0 Å². The monoisotopic (exact) mass is 289 g/mol. The van der Waals surface area contributed by atoms with Gasteiger partial charge in [-0.25, -0.2) is 0 Å². The van der Waals surface area contributed by atoms with E-state index >= 15 is 0 Å². The van der Waals surface area contributed by atoms with E-state index in [4.69, 9.17) is 5.73 Å². The van der Waals surface area contributed by atoms with E-state index in [9.17, 15) is 0 Å². The fraction of sp³-hybridized carbons (Fsp3) is 0.312. The molecule has 2 aromatic rings. The van der Waals surface area contributed by atoms with Gasteiger partial charge in [-0.1, -0.05) is 36.4 Å². The van der Waals surface area contributed by atoms with Gasteiger partial charge in [-0.3, -0.25) is 9.88 Å². The largest absolute Gasteiger partial charge is 0.326 e. The highest BCUT2D eigenvalue weighted by Crippen LogP contribution is 2.27. The SMILES string of the molecule is Cl.N[C@@H]1CN(Cc2cccnc2)C[C@H]1c1ccccc1. The van der Waals surface area contributed by atoms with Crippen LogP contribution in [0.1, 0.15) is 17.0 Å². The Balaban J connectivity index is 0.00000147. The van der Waals surface area contributed by atoms with E-state index in [-0.39, 0.29) is 18.4 Å². The van der Waals surface area contributed by atoms with Crippen LogP contribution in [-0.2, 0) is 6.54 Å². The van der Waals surface area contributed by atoms with E-state index < -0.39 is 0 Å². The summed E-state index contributed by atoms with van der Waals surface area (Å²) >= 11 is 0. The van der Waals surface area contributed by atoms with E-state index in [0.717, 1.165) is 19.6 Å². The number of benzene rings is 1. The van der Waals surface area contributed by atoms with E-state index in [1.807, 2.05) is 18.5 Å². The number of aromatic nitrogens is 1. The molecule has 0 bridgehead atoms. The molecule has 1 aliphatic heterocycles. The van der Waals surface area contributed by atoms with Crippen LogP contribution in [0.2, 0.25) is 0 Å². The molecule has 1 fully saturated rings. The maximum absolute atomic E-state index is 6.30. The van der Waals surface area contributed by atoms with Crippen LogP contribution in [0.5, 0.6) is 0 Å². The molecule has 0 unspecified atom stereocenters. The second-order valence-corrected chi connectivity index (χ2v) is 5.24. The van der Waals surface area contributed by atoms with Gasteiger partial charge in [0.05, 0.1) is 0 Å². The molecule has 20 heavy (non-hydrogen) atoms. The van der Waals surface area contributed by atoms with Crippen LogP contribution in [0.25, 0.3) is 0 Å². The molecule has 0 amide bonds. The number of hydrogen-bond donors (Lipinski definition) is 1. The lowest BCUT2D eigenvalue weighted by molar-refractivity contribution is 0.323. The Bertz CT molecular complexity index is 518. The lowest BCUT2D eigenvalue weighted by Gasteiger charge is -2.15. The van der Waals surface area contributed by atoms with E-state index in [0.29, 0.717) is 5.92 Å². The fourth-order valence-corrected chi connectivity index (χ4v) is 2.85. The Morgan fingerprint density at radius 3 is 2.60 bits per heavy atom. The normalized spacial score (nSPS) is 22.4. The number of nitrogens with zero attached hydrogens (tertiary/aromatic N) is 2. The van der Waals surface area contributed by atoms with Crippen LogP contribution in [0.15, 0.2) is 54.9 Å². The molecular formula is C16H20ClN3. The molecule has 0 aliphatic carbocycles. The van der Waals surface area contributed by atoms with Crippen LogP contribution in [0.3, 0.4) is 0 Å². The zero-order chi connectivity index (χ0) is 13.1. The van der Waals surface area contributed by atoms with Crippen molar-refractivity contribution in [3.8, 4) is 0 Å². The number of nitrogens with two attached hydrogens (primary N) is 1. The lowest BCUT2D eigenvalue weighted by Crippen LogP contribution is -2.28. The molecular weight excluding hydrogens is 270 g/mol. The second-order valence-electron chi connectivity index (χ2n) is 5.24. The molecule has 1 aliphatic rings. The topological polar surface area (TPSA) is 42.1 Å².